The number of aliphatic hydroxyl groups is 1. The first kappa shape index (κ1) is 20.3. The highest BCUT2D eigenvalue weighted by atomic mass is 35.5. The fourth-order valence-corrected chi connectivity index (χ4v) is 2.35. The molecule has 0 aliphatic heterocycles. The summed E-state index contributed by atoms with van der Waals surface area (Å²) < 4.78 is 39.6. The number of anilines is 3. The van der Waals surface area contributed by atoms with Gasteiger partial charge in [0.15, 0.2) is 5.69 Å². The summed E-state index contributed by atoms with van der Waals surface area (Å²) in [5, 5.41) is 15.4. The van der Waals surface area contributed by atoms with E-state index in [0.717, 1.165) is 11.6 Å². The Balaban J connectivity index is 2.41. The maximum Gasteiger partial charge on any atom is 0.433 e. The van der Waals surface area contributed by atoms with E-state index in [1.54, 1.807) is 25.1 Å². The Kier molecular flexibility index (Phi) is 6.30. The molecule has 0 bridgehead atoms. The van der Waals surface area contributed by atoms with Gasteiger partial charge in [0.1, 0.15) is 5.82 Å². The number of nitrogens with zero attached hydrogens (tertiary/aromatic N) is 2. The average molecular weight is 389 g/mol. The highest BCUT2D eigenvalue weighted by Crippen LogP contribution is 2.31. The lowest BCUT2D eigenvalue weighted by Gasteiger charge is -2.21. The third-order valence-corrected chi connectivity index (χ3v) is 4.03. The predicted octanol–water partition coefficient (Wildman–Crippen LogP) is 4.63. The number of aromatic nitrogens is 2. The molecular formula is C17H20ClF3N4O. The van der Waals surface area contributed by atoms with Crippen LogP contribution in [0.3, 0.4) is 0 Å². The molecule has 5 nitrogen and oxygen atoms in total. The van der Waals surface area contributed by atoms with Gasteiger partial charge in [0.25, 0.3) is 0 Å². The van der Waals surface area contributed by atoms with Crippen LogP contribution in [0.4, 0.5) is 30.6 Å². The summed E-state index contributed by atoms with van der Waals surface area (Å²) in [5.74, 6) is -0.264. The van der Waals surface area contributed by atoms with Gasteiger partial charge in [0, 0.05) is 16.8 Å². The van der Waals surface area contributed by atoms with Crippen LogP contribution in [0.5, 0.6) is 0 Å². The first-order chi connectivity index (χ1) is 12.1. The van der Waals surface area contributed by atoms with Gasteiger partial charge in [-0.3, -0.25) is 0 Å². The third kappa shape index (κ3) is 5.22. The number of aryl methyl sites for hydroxylation is 1. The number of benzene rings is 1. The van der Waals surface area contributed by atoms with E-state index in [9.17, 15) is 18.3 Å². The molecular weight excluding hydrogens is 369 g/mol. The number of rotatable bonds is 6. The minimum Gasteiger partial charge on any atom is -0.394 e. The molecule has 0 saturated heterocycles. The van der Waals surface area contributed by atoms with Crippen molar-refractivity contribution in [2.75, 3.05) is 17.2 Å². The van der Waals surface area contributed by atoms with Crippen molar-refractivity contribution in [2.24, 2.45) is 5.92 Å². The number of alkyl halides is 3. The Bertz CT molecular complexity index is 768. The van der Waals surface area contributed by atoms with Gasteiger partial charge >= 0.3 is 6.18 Å². The van der Waals surface area contributed by atoms with Crippen LogP contribution in [0.2, 0.25) is 5.02 Å². The molecule has 0 saturated carbocycles. The van der Waals surface area contributed by atoms with Crippen LogP contribution >= 0.6 is 11.6 Å². The number of hydrogen-bond acceptors (Lipinski definition) is 5. The molecule has 0 fully saturated rings. The summed E-state index contributed by atoms with van der Waals surface area (Å²) in [4.78, 5) is 7.63. The number of halogens is 4. The van der Waals surface area contributed by atoms with E-state index in [1.807, 2.05) is 13.8 Å². The fourth-order valence-electron chi connectivity index (χ4n) is 2.18. The smallest absolute Gasteiger partial charge is 0.394 e. The van der Waals surface area contributed by atoms with E-state index < -0.39 is 17.9 Å². The van der Waals surface area contributed by atoms with Crippen LogP contribution < -0.4 is 10.6 Å². The molecule has 0 amide bonds. The van der Waals surface area contributed by atoms with Crippen molar-refractivity contribution in [3.05, 3.63) is 40.5 Å². The van der Waals surface area contributed by atoms with Crippen molar-refractivity contribution in [3.63, 3.8) is 0 Å². The van der Waals surface area contributed by atoms with Crippen LogP contribution in [0.1, 0.15) is 25.1 Å². The largest absolute Gasteiger partial charge is 0.433 e. The van der Waals surface area contributed by atoms with Crippen molar-refractivity contribution < 1.29 is 18.3 Å². The molecule has 0 aliphatic carbocycles. The van der Waals surface area contributed by atoms with E-state index >= 15 is 0 Å². The van der Waals surface area contributed by atoms with Crippen LogP contribution in [-0.2, 0) is 6.18 Å². The third-order valence-electron chi connectivity index (χ3n) is 3.79. The second-order valence-electron chi connectivity index (χ2n) is 6.22. The summed E-state index contributed by atoms with van der Waals surface area (Å²) >= 11 is 5.95. The number of aliphatic hydroxyl groups excluding tert-OH is 1. The molecule has 9 heteroatoms. The maximum atomic E-state index is 13.2. The first-order valence-corrected chi connectivity index (χ1v) is 8.34. The quantitative estimate of drug-likeness (QED) is 0.673. The lowest BCUT2D eigenvalue weighted by molar-refractivity contribution is -0.141. The Morgan fingerprint density at radius 1 is 1.19 bits per heavy atom. The van der Waals surface area contributed by atoms with Gasteiger partial charge in [-0.2, -0.15) is 18.2 Å². The molecule has 1 heterocycles. The molecule has 142 valence electrons. The minimum atomic E-state index is -4.63. The van der Waals surface area contributed by atoms with E-state index in [4.69, 9.17) is 11.6 Å². The summed E-state index contributed by atoms with van der Waals surface area (Å²) in [7, 11) is 0. The molecule has 1 atom stereocenters. The number of nitrogens with one attached hydrogen (secondary N) is 2. The van der Waals surface area contributed by atoms with Gasteiger partial charge in [-0.15, -0.1) is 0 Å². The normalized spacial score (nSPS) is 13.0. The molecule has 2 aromatic rings. The standard InChI is InChI=1S/C17H20ClF3N4O/c1-9(2)13(8-26)23-16-24-14(17(19,20)21)7-15(25-16)22-12-6-11(18)5-4-10(12)3/h4-7,9,13,26H,8H2,1-3H3,(H2,22,23,24,25)/t13-/m1/s1. The van der Waals surface area contributed by atoms with Crippen molar-refractivity contribution in [3.8, 4) is 0 Å². The Morgan fingerprint density at radius 3 is 2.46 bits per heavy atom. The number of hydrogen-bond donors (Lipinski definition) is 3. The van der Waals surface area contributed by atoms with E-state index in [-0.39, 0.29) is 24.3 Å². The van der Waals surface area contributed by atoms with Crippen molar-refractivity contribution in [1.29, 1.82) is 0 Å². The highest BCUT2D eigenvalue weighted by Gasteiger charge is 2.34. The summed E-state index contributed by atoms with van der Waals surface area (Å²) in [5.41, 5.74) is 0.252. The van der Waals surface area contributed by atoms with E-state index in [1.165, 1.54) is 0 Å². The summed E-state index contributed by atoms with van der Waals surface area (Å²) in [6, 6.07) is 5.39. The zero-order chi connectivity index (χ0) is 19.5. The van der Waals surface area contributed by atoms with Gasteiger partial charge in [-0.1, -0.05) is 31.5 Å². The molecule has 0 radical (unpaired) electrons. The van der Waals surface area contributed by atoms with E-state index in [2.05, 4.69) is 20.6 Å². The van der Waals surface area contributed by atoms with Crippen molar-refractivity contribution in [2.45, 2.75) is 33.0 Å². The lowest BCUT2D eigenvalue weighted by Crippen LogP contribution is -2.30. The molecule has 1 aromatic heterocycles. The van der Waals surface area contributed by atoms with Crippen LogP contribution in [-0.4, -0.2) is 27.7 Å². The zero-order valence-electron chi connectivity index (χ0n) is 14.5. The molecule has 0 aliphatic rings. The predicted molar refractivity (Wildman–Crippen MR) is 95.8 cm³/mol. The van der Waals surface area contributed by atoms with Gasteiger partial charge < -0.3 is 15.7 Å². The molecule has 26 heavy (non-hydrogen) atoms. The second kappa shape index (κ2) is 8.09. The van der Waals surface area contributed by atoms with Gasteiger partial charge in [-0.05, 0) is 30.5 Å². The Labute approximate surface area is 154 Å². The second-order valence-corrected chi connectivity index (χ2v) is 6.66. The molecule has 1 aromatic carbocycles. The molecule has 2 rings (SSSR count). The summed E-state index contributed by atoms with van der Waals surface area (Å²) in [6.07, 6.45) is -4.63. The Hall–Kier alpha value is -2.06. The summed E-state index contributed by atoms with van der Waals surface area (Å²) in [6.45, 7) is 5.20. The molecule has 0 spiro atoms. The van der Waals surface area contributed by atoms with Crippen molar-refractivity contribution >= 4 is 29.1 Å². The SMILES string of the molecule is Cc1ccc(Cl)cc1Nc1cc(C(F)(F)F)nc(N[C@H](CO)C(C)C)n1. The monoisotopic (exact) mass is 388 g/mol. The average Bonchev–Trinajstić information content (AvgIpc) is 2.54. The Morgan fingerprint density at radius 2 is 1.88 bits per heavy atom. The maximum absolute atomic E-state index is 13.2. The van der Waals surface area contributed by atoms with Gasteiger partial charge in [0.2, 0.25) is 5.95 Å². The highest BCUT2D eigenvalue weighted by molar-refractivity contribution is 6.30. The molecule has 3 N–H and O–H groups in total. The molecule has 0 unspecified atom stereocenters. The van der Waals surface area contributed by atoms with Crippen LogP contribution in [0, 0.1) is 12.8 Å². The topological polar surface area (TPSA) is 70.1 Å². The lowest BCUT2D eigenvalue weighted by atomic mass is 10.1. The van der Waals surface area contributed by atoms with Gasteiger partial charge in [-0.25, -0.2) is 4.98 Å². The van der Waals surface area contributed by atoms with Crippen molar-refractivity contribution in [1.82, 2.24) is 9.97 Å². The van der Waals surface area contributed by atoms with Crippen LogP contribution in [0.25, 0.3) is 0 Å². The van der Waals surface area contributed by atoms with Gasteiger partial charge in [0.05, 0.1) is 12.6 Å². The fraction of sp³-hybridized carbons (Fsp3) is 0.412. The minimum absolute atomic E-state index is 0.0234. The zero-order valence-corrected chi connectivity index (χ0v) is 15.3. The van der Waals surface area contributed by atoms with E-state index in [0.29, 0.717) is 10.7 Å². The van der Waals surface area contributed by atoms with Crippen LogP contribution in [0.15, 0.2) is 24.3 Å². The first-order valence-electron chi connectivity index (χ1n) is 7.97.